The number of rotatable bonds is 12. The van der Waals surface area contributed by atoms with Crippen molar-refractivity contribution in [3.8, 4) is 0 Å². The summed E-state index contributed by atoms with van der Waals surface area (Å²) < 4.78 is 1.25. The summed E-state index contributed by atoms with van der Waals surface area (Å²) in [6.45, 7) is 7.34. The lowest BCUT2D eigenvalue weighted by atomic mass is 9.97. The maximum Gasteiger partial charge on any atom is 0.273 e. The molecule has 0 aliphatic heterocycles. The monoisotopic (exact) mass is 619 g/mol. The Balaban J connectivity index is 2.11. The molecular weight excluding hydrogens is 589 g/mol. The number of aromatic nitrogens is 3. The van der Waals surface area contributed by atoms with Crippen molar-refractivity contribution in [2.45, 2.75) is 59.9 Å². The highest BCUT2D eigenvalue weighted by atomic mass is 35.5. The molecule has 12 heteroatoms. The average molecular weight is 621 g/mol. The van der Waals surface area contributed by atoms with Gasteiger partial charge in [-0.1, -0.05) is 67.7 Å². The molecule has 2 N–H and O–H groups in total. The number of hydrogen-bond donors (Lipinski definition) is 1. The number of imide groups is 1. The van der Waals surface area contributed by atoms with Gasteiger partial charge in [-0.2, -0.15) is 0 Å². The number of carbonyl (C=O) groups excluding carboxylic acids is 4. The second-order valence-corrected chi connectivity index (χ2v) is 10.8. The fraction of sp³-hybridized carbons (Fsp3) is 0.379. The van der Waals surface area contributed by atoms with Crippen LogP contribution in [0.25, 0.3) is 0 Å². The molecular formula is C29H32Cl3N5O4. The van der Waals surface area contributed by atoms with Crippen LogP contribution in [0.5, 0.6) is 0 Å². The standard InChI is InChI=1S/C29H32Cl3N5O4/c1-5-17(6-2)28(40)37(29(41)18(7-3)8-4)27-24(26(33)39)34-35-36(27)15-16-13-21(31)23(22(32)14-16)25(38)19-9-11-20(30)12-10-19/h9-14,17-18H,5-8,15H2,1-4H3,(H2,33,39). The molecule has 3 amide bonds. The third kappa shape index (κ3) is 6.97. The van der Waals surface area contributed by atoms with Gasteiger partial charge in [0.25, 0.3) is 5.91 Å². The van der Waals surface area contributed by atoms with Gasteiger partial charge in [0.15, 0.2) is 17.3 Å². The summed E-state index contributed by atoms with van der Waals surface area (Å²) >= 11 is 19.0. The first-order valence-corrected chi connectivity index (χ1v) is 14.5. The van der Waals surface area contributed by atoms with Crippen LogP contribution in [-0.2, 0) is 16.1 Å². The van der Waals surface area contributed by atoms with E-state index in [1.807, 2.05) is 27.7 Å². The number of nitrogens with two attached hydrogens (primary N) is 1. The third-order valence-electron chi connectivity index (χ3n) is 7.03. The van der Waals surface area contributed by atoms with Gasteiger partial charge < -0.3 is 5.73 Å². The van der Waals surface area contributed by atoms with Crippen molar-refractivity contribution in [1.82, 2.24) is 15.0 Å². The Hall–Kier alpha value is -3.27. The molecule has 0 unspecified atom stereocenters. The summed E-state index contributed by atoms with van der Waals surface area (Å²) in [6.07, 6.45) is 1.96. The second-order valence-electron chi connectivity index (χ2n) is 9.59. The number of nitrogens with zero attached hydrogens (tertiary/aromatic N) is 4. The van der Waals surface area contributed by atoms with Gasteiger partial charge in [0.1, 0.15) is 0 Å². The van der Waals surface area contributed by atoms with E-state index < -0.39 is 35.3 Å². The largest absolute Gasteiger partial charge is 0.364 e. The van der Waals surface area contributed by atoms with Gasteiger partial charge in [0.05, 0.1) is 22.2 Å². The van der Waals surface area contributed by atoms with E-state index >= 15 is 0 Å². The van der Waals surface area contributed by atoms with Crippen molar-refractivity contribution in [3.63, 3.8) is 0 Å². The first-order valence-electron chi connectivity index (χ1n) is 13.4. The topological polar surface area (TPSA) is 128 Å². The highest BCUT2D eigenvalue weighted by molar-refractivity contribution is 6.41. The van der Waals surface area contributed by atoms with Gasteiger partial charge in [0, 0.05) is 22.4 Å². The van der Waals surface area contributed by atoms with Crippen LogP contribution < -0.4 is 10.6 Å². The van der Waals surface area contributed by atoms with Crippen molar-refractivity contribution in [3.05, 3.63) is 73.9 Å². The van der Waals surface area contributed by atoms with Crippen LogP contribution in [0.4, 0.5) is 5.82 Å². The minimum Gasteiger partial charge on any atom is -0.364 e. The molecule has 1 aromatic heterocycles. The number of amides is 3. The molecule has 3 aromatic rings. The smallest absolute Gasteiger partial charge is 0.273 e. The highest BCUT2D eigenvalue weighted by Crippen LogP contribution is 2.32. The van der Waals surface area contributed by atoms with Crippen LogP contribution in [0, 0.1) is 11.8 Å². The summed E-state index contributed by atoms with van der Waals surface area (Å²) in [5, 5.41) is 8.64. The molecule has 218 valence electrons. The lowest BCUT2D eigenvalue weighted by Crippen LogP contribution is -2.46. The molecule has 0 spiro atoms. The molecule has 0 aliphatic carbocycles. The van der Waals surface area contributed by atoms with Crippen LogP contribution in [0.3, 0.4) is 0 Å². The van der Waals surface area contributed by atoms with Crippen LogP contribution in [0.15, 0.2) is 36.4 Å². The zero-order valence-corrected chi connectivity index (χ0v) is 25.6. The van der Waals surface area contributed by atoms with E-state index in [1.54, 1.807) is 24.3 Å². The van der Waals surface area contributed by atoms with Crippen LogP contribution in [0.2, 0.25) is 15.1 Å². The van der Waals surface area contributed by atoms with E-state index in [0.717, 1.165) is 4.90 Å². The van der Waals surface area contributed by atoms with Crippen molar-refractivity contribution < 1.29 is 19.2 Å². The summed E-state index contributed by atoms with van der Waals surface area (Å²) in [6, 6.07) is 9.38. The number of hydrogen-bond acceptors (Lipinski definition) is 6. The summed E-state index contributed by atoms with van der Waals surface area (Å²) in [5.74, 6) is -3.31. The molecule has 0 radical (unpaired) electrons. The quantitative estimate of drug-likeness (QED) is 0.235. The minimum atomic E-state index is -0.939. The van der Waals surface area contributed by atoms with Gasteiger partial charge in [-0.3, -0.25) is 19.2 Å². The Labute approximate surface area is 253 Å². The first-order chi connectivity index (χ1) is 19.5. The van der Waals surface area contributed by atoms with Crippen LogP contribution in [0.1, 0.15) is 85.4 Å². The van der Waals surface area contributed by atoms with E-state index in [0.29, 0.717) is 41.8 Å². The maximum absolute atomic E-state index is 13.7. The molecule has 3 rings (SSSR count). The lowest BCUT2D eigenvalue weighted by Gasteiger charge is -2.28. The maximum atomic E-state index is 13.7. The average Bonchev–Trinajstić information content (AvgIpc) is 3.33. The molecule has 0 saturated carbocycles. The van der Waals surface area contributed by atoms with Crippen molar-refractivity contribution in [1.29, 1.82) is 0 Å². The molecule has 41 heavy (non-hydrogen) atoms. The zero-order chi connectivity index (χ0) is 30.4. The number of halogens is 3. The molecule has 0 bridgehead atoms. The highest BCUT2D eigenvalue weighted by Gasteiger charge is 2.37. The fourth-order valence-electron chi connectivity index (χ4n) is 4.61. The Morgan fingerprint density at radius 3 is 1.78 bits per heavy atom. The molecule has 1 heterocycles. The Morgan fingerprint density at radius 2 is 1.34 bits per heavy atom. The van der Waals surface area contributed by atoms with Gasteiger partial charge >= 0.3 is 0 Å². The van der Waals surface area contributed by atoms with Gasteiger partial charge in [0.2, 0.25) is 11.8 Å². The van der Waals surface area contributed by atoms with E-state index in [1.165, 1.54) is 16.8 Å². The fourth-order valence-corrected chi connectivity index (χ4v) is 5.44. The minimum absolute atomic E-state index is 0.0760. The normalized spacial score (nSPS) is 11.2. The zero-order valence-electron chi connectivity index (χ0n) is 23.3. The van der Waals surface area contributed by atoms with E-state index in [9.17, 15) is 19.2 Å². The molecule has 9 nitrogen and oxygen atoms in total. The van der Waals surface area contributed by atoms with Crippen molar-refractivity contribution in [2.75, 3.05) is 4.90 Å². The molecule has 0 atom stereocenters. The van der Waals surface area contributed by atoms with E-state index in [4.69, 9.17) is 40.5 Å². The summed E-state index contributed by atoms with van der Waals surface area (Å²) in [5.41, 5.74) is 6.25. The number of carbonyl (C=O) groups is 4. The number of primary amides is 1. The second kappa shape index (κ2) is 14.1. The van der Waals surface area contributed by atoms with Crippen LogP contribution in [-0.4, -0.2) is 38.5 Å². The SMILES string of the molecule is CCC(CC)C(=O)N(C(=O)C(CC)CC)c1c(C(N)=O)nnn1Cc1cc(Cl)c(C(=O)c2ccc(Cl)cc2)c(Cl)c1. The van der Waals surface area contributed by atoms with Crippen molar-refractivity contribution in [2.24, 2.45) is 17.6 Å². The molecule has 0 aliphatic rings. The number of ketones is 1. The van der Waals surface area contributed by atoms with Gasteiger partial charge in [-0.15, -0.1) is 5.10 Å². The number of benzene rings is 2. The Kier molecular flexibility index (Phi) is 11.1. The molecule has 0 saturated heterocycles. The third-order valence-corrected chi connectivity index (χ3v) is 7.88. The Morgan fingerprint density at radius 1 is 0.854 bits per heavy atom. The summed E-state index contributed by atoms with van der Waals surface area (Å²) in [4.78, 5) is 54.0. The van der Waals surface area contributed by atoms with Crippen LogP contribution >= 0.6 is 34.8 Å². The van der Waals surface area contributed by atoms with Gasteiger partial charge in [-0.05, 0) is 67.6 Å². The van der Waals surface area contributed by atoms with E-state index in [-0.39, 0.29) is 33.7 Å². The van der Waals surface area contributed by atoms with Crippen molar-refractivity contribution >= 4 is 64.1 Å². The first kappa shape index (κ1) is 32.2. The van der Waals surface area contributed by atoms with E-state index in [2.05, 4.69) is 10.3 Å². The predicted molar refractivity (Wildman–Crippen MR) is 160 cm³/mol. The summed E-state index contributed by atoms with van der Waals surface area (Å²) in [7, 11) is 0. The molecule has 0 fully saturated rings. The molecule has 2 aromatic carbocycles. The Bertz CT molecular complexity index is 1400. The number of anilines is 1. The predicted octanol–water partition coefficient (Wildman–Crippen LogP) is 6.35. The lowest BCUT2D eigenvalue weighted by molar-refractivity contribution is -0.131. The van der Waals surface area contributed by atoms with Gasteiger partial charge in [-0.25, -0.2) is 9.58 Å².